The molecule has 0 amide bonds. The molecular formula is C20H11F6N3O2S. The standard InChI is InChI=1S/C20H11F6N3O2S/c21-19(22,23)12-3-1-10(14(7-12)20(24,25)26)6-13(16-17(30)28-18(31)32-16)9-2-4-15-11(5-9)8-27-29-15/h1-5,7-8,30H,6H2,(H,28,31). The van der Waals surface area contributed by atoms with Gasteiger partial charge in [-0.1, -0.05) is 23.5 Å². The van der Waals surface area contributed by atoms with Gasteiger partial charge in [-0.2, -0.15) is 36.5 Å². The van der Waals surface area contributed by atoms with E-state index in [4.69, 9.17) is 0 Å². The van der Waals surface area contributed by atoms with Crippen LogP contribution in [0.3, 0.4) is 0 Å². The summed E-state index contributed by atoms with van der Waals surface area (Å²) in [6, 6.07) is 6.01. The fourth-order valence-electron chi connectivity index (χ4n) is 3.29. The minimum Gasteiger partial charge on any atom is -0.493 e. The summed E-state index contributed by atoms with van der Waals surface area (Å²) in [5.74, 6) is -0.547. The minimum atomic E-state index is -5.06. The fraction of sp³-hybridized carbons (Fsp3) is 0.150. The molecule has 1 aliphatic rings. The first kappa shape index (κ1) is 21.8. The predicted octanol–water partition coefficient (Wildman–Crippen LogP) is 3.59. The van der Waals surface area contributed by atoms with Crippen LogP contribution in [0, 0.1) is 0 Å². The molecule has 0 unspecified atom stereocenters. The molecule has 0 bridgehead atoms. The van der Waals surface area contributed by atoms with Crippen molar-refractivity contribution in [1.82, 2.24) is 4.98 Å². The number of alkyl halides is 6. The maximum atomic E-state index is 13.6. The number of aromatic hydroxyl groups is 1. The Kier molecular flexibility index (Phi) is 5.19. The molecule has 1 aromatic heterocycles. The van der Waals surface area contributed by atoms with Gasteiger partial charge in [0, 0.05) is 12.0 Å². The molecule has 0 saturated carbocycles. The largest absolute Gasteiger partial charge is 0.493 e. The molecule has 1 aliphatic heterocycles. The lowest BCUT2D eigenvalue weighted by Gasteiger charge is -2.17. The molecule has 32 heavy (non-hydrogen) atoms. The number of halogens is 6. The van der Waals surface area contributed by atoms with Gasteiger partial charge in [0.1, 0.15) is 0 Å². The predicted molar refractivity (Wildman–Crippen MR) is 104 cm³/mol. The molecule has 2 N–H and O–H groups in total. The third kappa shape index (κ3) is 4.17. The number of aromatic amines is 1. The Balaban J connectivity index is 1.95. The van der Waals surface area contributed by atoms with Gasteiger partial charge in [-0.3, -0.25) is 9.78 Å². The number of fused-ring (bicyclic) bond motifs is 1. The smallest absolute Gasteiger partial charge is 0.416 e. The zero-order chi connectivity index (χ0) is 23.3. The average molecular weight is 471 g/mol. The van der Waals surface area contributed by atoms with Crippen molar-refractivity contribution in [3.05, 3.63) is 83.8 Å². The molecule has 0 atom stereocenters. The lowest BCUT2D eigenvalue weighted by atomic mass is 9.94. The number of aromatic nitrogens is 1. The second-order valence-electron chi connectivity index (χ2n) is 6.83. The topological polar surface area (TPSA) is 77.8 Å². The molecule has 0 radical (unpaired) electrons. The molecule has 0 spiro atoms. The number of nitrogens with one attached hydrogen (secondary N) is 1. The van der Waals surface area contributed by atoms with Crippen molar-refractivity contribution in [1.29, 1.82) is 0 Å². The van der Waals surface area contributed by atoms with Crippen LogP contribution in [-0.4, -0.2) is 16.3 Å². The molecule has 0 saturated heterocycles. The third-order valence-corrected chi connectivity index (χ3v) is 5.68. The Morgan fingerprint density at radius 3 is 2.41 bits per heavy atom. The lowest BCUT2D eigenvalue weighted by molar-refractivity contribution is -0.143. The zero-order valence-electron chi connectivity index (χ0n) is 15.7. The summed E-state index contributed by atoms with van der Waals surface area (Å²) in [5, 5.41) is 18.6. The van der Waals surface area contributed by atoms with Gasteiger partial charge < -0.3 is 5.11 Å². The Bertz CT molecular complexity index is 1420. The van der Waals surface area contributed by atoms with Gasteiger partial charge >= 0.3 is 17.2 Å². The van der Waals surface area contributed by atoms with E-state index in [9.17, 15) is 36.2 Å². The quantitative estimate of drug-likeness (QED) is 0.573. The van der Waals surface area contributed by atoms with Crippen LogP contribution in [0.25, 0.3) is 5.57 Å². The number of H-pyrrole nitrogens is 1. The molecule has 4 rings (SSSR count). The highest BCUT2D eigenvalue weighted by Crippen LogP contribution is 2.39. The molecule has 3 aromatic rings. The number of thiazole rings is 1. The maximum absolute atomic E-state index is 13.6. The summed E-state index contributed by atoms with van der Waals surface area (Å²) in [6.07, 6.45) is -9.08. The average Bonchev–Trinajstić information content (AvgIpc) is 3.29. The Labute approximate surface area is 178 Å². The molecule has 2 aromatic carbocycles. The van der Waals surface area contributed by atoms with Crippen LogP contribution in [0.2, 0.25) is 0 Å². The van der Waals surface area contributed by atoms with Crippen molar-refractivity contribution >= 4 is 23.1 Å². The van der Waals surface area contributed by atoms with Crippen LogP contribution in [-0.2, 0) is 18.8 Å². The van der Waals surface area contributed by atoms with E-state index >= 15 is 0 Å². The lowest BCUT2D eigenvalue weighted by Crippen LogP contribution is -2.18. The highest BCUT2D eigenvalue weighted by molar-refractivity contribution is 7.10. The van der Waals surface area contributed by atoms with Crippen molar-refractivity contribution in [2.45, 2.75) is 18.8 Å². The molecule has 166 valence electrons. The first-order valence-electron chi connectivity index (χ1n) is 8.87. The van der Waals surface area contributed by atoms with Crippen molar-refractivity contribution < 1.29 is 31.4 Å². The summed E-state index contributed by atoms with van der Waals surface area (Å²) in [5.41, 5.74) is -2.64. The number of hydrogen-bond donors (Lipinski definition) is 2. The van der Waals surface area contributed by atoms with E-state index in [0.717, 1.165) is 6.07 Å². The van der Waals surface area contributed by atoms with Crippen LogP contribution in [0.1, 0.15) is 27.1 Å². The van der Waals surface area contributed by atoms with E-state index in [2.05, 4.69) is 15.2 Å². The number of benzene rings is 2. The van der Waals surface area contributed by atoms with E-state index in [1.54, 1.807) is 12.1 Å². The second kappa shape index (κ2) is 7.62. The Morgan fingerprint density at radius 1 is 1.03 bits per heavy atom. The van der Waals surface area contributed by atoms with Crippen LogP contribution in [0.5, 0.6) is 5.88 Å². The van der Waals surface area contributed by atoms with E-state index < -0.39 is 46.2 Å². The number of hydrogen-bond acceptors (Lipinski definition) is 5. The Hall–Kier alpha value is -3.41. The number of rotatable bonds is 3. The van der Waals surface area contributed by atoms with Gasteiger partial charge in [-0.15, -0.1) is 0 Å². The first-order chi connectivity index (χ1) is 14.9. The Morgan fingerprint density at radius 2 is 1.78 bits per heavy atom. The molecule has 2 heterocycles. The summed E-state index contributed by atoms with van der Waals surface area (Å²) in [6.45, 7) is 0. The summed E-state index contributed by atoms with van der Waals surface area (Å²) < 4.78 is 79.9. The van der Waals surface area contributed by atoms with Crippen molar-refractivity contribution in [2.24, 2.45) is 10.2 Å². The summed E-state index contributed by atoms with van der Waals surface area (Å²) in [4.78, 5) is 13.2. The minimum absolute atomic E-state index is 0.0187. The molecule has 12 heteroatoms. The van der Waals surface area contributed by atoms with E-state index in [-0.39, 0.29) is 16.5 Å². The highest BCUT2D eigenvalue weighted by Gasteiger charge is 2.38. The van der Waals surface area contributed by atoms with Crippen LogP contribution >= 0.6 is 11.3 Å². The molecular weight excluding hydrogens is 460 g/mol. The second-order valence-corrected chi connectivity index (χ2v) is 7.82. The van der Waals surface area contributed by atoms with Crippen LogP contribution in [0.4, 0.5) is 26.3 Å². The van der Waals surface area contributed by atoms with Gasteiger partial charge in [-0.05, 0) is 40.6 Å². The zero-order valence-corrected chi connectivity index (χ0v) is 16.5. The normalized spacial score (nSPS) is 14.3. The monoisotopic (exact) mass is 471 g/mol. The SMILES string of the molecule is O=c1[nH]c(O)c(C(Cc2ccc(C(F)(F)F)cc2C(F)(F)F)=c2ccc3c(c2)C=NN=3)s1. The van der Waals surface area contributed by atoms with Gasteiger partial charge in [0.25, 0.3) is 0 Å². The van der Waals surface area contributed by atoms with Crippen molar-refractivity contribution in [3.63, 3.8) is 0 Å². The summed E-state index contributed by atoms with van der Waals surface area (Å²) >= 11 is 0.574. The van der Waals surface area contributed by atoms with Crippen molar-refractivity contribution in [3.8, 4) is 5.88 Å². The highest BCUT2D eigenvalue weighted by atomic mass is 32.1. The van der Waals surface area contributed by atoms with Gasteiger partial charge in [0.2, 0.25) is 5.88 Å². The van der Waals surface area contributed by atoms with Crippen LogP contribution in [0.15, 0.2) is 51.4 Å². The maximum Gasteiger partial charge on any atom is 0.416 e. The molecule has 0 fully saturated rings. The van der Waals surface area contributed by atoms with Crippen molar-refractivity contribution in [2.75, 3.05) is 0 Å². The molecule has 5 nitrogen and oxygen atoms in total. The van der Waals surface area contributed by atoms with Gasteiger partial charge in [0.05, 0.1) is 27.6 Å². The first-order valence-corrected chi connectivity index (χ1v) is 9.69. The van der Waals surface area contributed by atoms with Gasteiger partial charge in [0.15, 0.2) is 0 Å². The number of nitrogens with zero attached hydrogens (tertiary/aromatic N) is 2. The fourth-order valence-corrected chi connectivity index (χ4v) is 4.08. The van der Waals surface area contributed by atoms with E-state index in [1.165, 1.54) is 12.3 Å². The van der Waals surface area contributed by atoms with E-state index in [0.29, 0.717) is 33.5 Å². The summed E-state index contributed by atoms with van der Waals surface area (Å²) in [7, 11) is 0. The molecule has 0 aliphatic carbocycles. The van der Waals surface area contributed by atoms with Gasteiger partial charge in [-0.25, -0.2) is 0 Å². The van der Waals surface area contributed by atoms with E-state index in [1.807, 2.05) is 0 Å². The third-order valence-electron chi connectivity index (χ3n) is 4.75. The van der Waals surface area contributed by atoms with Crippen LogP contribution < -0.4 is 15.4 Å².